The van der Waals surface area contributed by atoms with Crippen LogP contribution in [0.25, 0.3) is 10.8 Å². The van der Waals surface area contributed by atoms with Crippen LogP contribution in [0.15, 0.2) is 46.9 Å². The van der Waals surface area contributed by atoms with Crippen molar-refractivity contribution in [3.63, 3.8) is 0 Å². The van der Waals surface area contributed by atoms with Crippen LogP contribution in [0, 0.1) is 22.7 Å². The lowest BCUT2D eigenvalue weighted by Crippen LogP contribution is -2.31. The Labute approximate surface area is 175 Å². The summed E-state index contributed by atoms with van der Waals surface area (Å²) in [5.41, 5.74) is 1.56. The highest BCUT2D eigenvalue weighted by Gasteiger charge is 2.38. The minimum absolute atomic E-state index is 0.133. The van der Waals surface area contributed by atoms with Crippen molar-refractivity contribution < 1.29 is 19.3 Å². The quantitative estimate of drug-likeness (QED) is 0.584. The van der Waals surface area contributed by atoms with Crippen LogP contribution in [0.4, 0.5) is 0 Å². The fourth-order valence-electron chi connectivity index (χ4n) is 3.82. The van der Waals surface area contributed by atoms with Crippen molar-refractivity contribution in [1.29, 1.82) is 10.7 Å². The van der Waals surface area contributed by atoms with Gasteiger partial charge in [0, 0.05) is 22.3 Å². The molecule has 2 atom stereocenters. The third-order valence-corrected chi connectivity index (χ3v) is 5.73. The van der Waals surface area contributed by atoms with Gasteiger partial charge in [0.25, 0.3) is 0 Å². The molecule has 7 heteroatoms. The Balaban J connectivity index is 2.00. The first-order chi connectivity index (χ1) is 14.0. The Morgan fingerprint density at radius 1 is 1.14 bits per heavy atom. The van der Waals surface area contributed by atoms with Gasteiger partial charge in [0.2, 0.25) is 5.90 Å². The highest BCUT2D eigenvalue weighted by atomic mass is 79.9. The highest BCUT2D eigenvalue weighted by molar-refractivity contribution is 9.10. The van der Waals surface area contributed by atoms with Gasteiger partial charge in [-0.2, -0.15) is 5.26 Å². The van der Waals surface area contributed by atoms with Crippen LogP contribution in [0.2, 0.25) is 0 Å². The first kappa shape index (κ1) is 19.1. The van der Waals surface area contributed by atoms with Gasteiger partial charge in [-0.25, -0.2) is 0 Å². The number of hydrogen-bond donors (Lipinski definition) is 2. The van der Waals surface area contributed by atoms with Gasteiger partial charge >= 0.3 is 0 Å². The fraction of sp³-hybridized carbons (Fsp3) is 0.182. The number of benzene rings is 3. The van der Waals surface area contributed by atoms with E-state index in [1.165, 1.54) is 0 Å². The number of hydrogen-bond acceptors (Lipinski definition) is 6. The second-order valence-corrected chi connectivity index (χ2v) is 7.50. The number of fused-ring (bicyclic) bond motifs is 3. The Kier molecular flexibility index (Phi) is 4.81. The van der Waals surface area contributed by atoms with Gasteiger partial charge in [-0.3, -0.25) is 5.41 Å². The number of ether oxygens (including phenoxy) is 3. The lowest BCUT2D eigenvalue weighted by Gasteiger charge is -2.31. The maximum Gasteiger partial charge on any atom is 0.205 e. The van der Waals surface area contributed by atoms with Crippen molar-refractivity contribution in [3.05, 3.63) is 58.1 Å². The van der Waals surface area contributed by atoms with Crippen LogP contribution in [-0.2, 0) is 0 Å². The molecule has 0 saturated heterocycles. The summed E-state index contributed by atoms with van der Waals surface area (Å²) in [7, 11) is 3.10. The largest absolute Gasteiger partial charge is 0.507 e. The summed E-state index contributed by atoms with van der Waals surface area (Å²) in [6, 6.07) is 14.7. The van der Waals surface area contributed by atoms with Gasteiger partial charge in [-0.05, 0) is 39.7 Å². The highest BCUT2D eigenvalue weighted by Crippen LogP contribution is 2.48. The maximum atomic E-state index is 10.2. The third kappa shape index (κ3) is 2.97. The minimum atomic E-state index is -0.803. The van der Waals surface area contributed by atoms with Gasteiger partial charge in [-0.1, -0.05) is 24.3 Å². The average molecular weight is 453 g/mol. The third-order valence-electron chi connectivity index (χ3n) is 5.14. The molecule has 0 amide bonds. The SMILES string of the molecule is COc1cc(C2c3ccc4c(O)cccc4c3OC(=N)C2C#N)cc(Br)c1OC. The van der Waals surface area contributed by atoms with Crippen LogP contribution in [0.1, 0.15) is 17.0 Å². The van der Waals surface area contributed by atoms with Gasteiger partial charge in [-0.15, -0.1) is 0 Å². The molecule has 1 heterocycles. The van der Waals surface area contributed by atoms with E-state index in [0.717, 1.165) is 11.1 Å². The van der Waals surface area contributed by atoms with Crippen LogP contribution in [-0.4, -0.2) is 25.2 Å². The second-order valence-electron chi connectivity index (χ2n) is 6.65. The number of nitriles is 1. The maximum absolute atomic E-state index is 10.2. The molecule has 4 rings (SSSR count). The zero-order valence-electron chi connectivity index (χ0n) is 15.7. The molecule has 146 valence electrons. The lowest BCUT2D eigenvalue weighted by atomic mass is 9.78. The number of phenolic OH excluding ortho intramolecular Hbond substituents is 1. The minimum Gasteiger partial charge on any atom is -0.507 e. The standard InChI is InChI=1S/C22H17BrN2O4/c1-27-18-9-11(8-16(23)21(18)28-2)19-14-7-6-12-13(4-3-5-17(12)26)20(14)29-22(25)15(19)10-24/h3-9,15,19,25-26H,1-2H3. The zero-order valence-corrected chi connectivity index (χ0v) is 17.3. The first-order valence-electron chi connectivity index (χ1n) is 8.82. The molecule has 6 nitrogen and oxygen atoms in total. The van der Waals surface area contributed by atoms with E-state index in [4.69, 9.17) is 19.6 Å². The molecule has 0 saturated carbocycles. The molecule has 3 aromatic carbocycles. The van der Waals surface area contributed by atoms with E-state index in [2.05, 4.69) is 22.0 Å². The first-order valence-corrected chi connectivity index (χ1v) is 9.61. The molecule has 1 aliphatic rings. The zero-order chi connectivity index (χ0) is 20.7. The van der Waals surface area contributed by atoms with Crippen LogP contribution in [0.5, 0.6) is 23.0 Å². The summed E-state index contributed by atoms with van der Waals surface area (Å²) < 4.78 is 17.3. The van der Waals surface area contributed by atoms with Gasteiger partial charge in [0.1, 0.15) is 17.4 Å². The average Bonchev–Trinajstić information content (AvgIpc) is 2.72. The summed E-state index contributed by atoms with van der Waals surface area (Å²) in [5.74, 6) is 0.300. The number of nitrogens with zero attached hydrogens (tertiary/aromatic N) is 1. The van der Waals surface area contributed by atoms with Crippen LogP contribution in [0.3, 0.4) is 0 Å². The van der Waals surface area contributed by atoms with Gasteiger partial charge in [0.05, 0.1) is 24.8 Å². The summed E-state index contributed by atoms with van der Waals surface area (Å²) in [5, 5.41) is 29.6. The van der Waals surface area contributed by atoms with Crippen molar-refractivity contribution in [3.8, 4) is 29.1 Å². The molecule has 0 spiro atoms. The molecule has 0 aromatic heterocycles. The monoisotopic (exact) mass is 452 g/mol. The Morgan fingerprint density at radius 2 is 1.93 bits per heavy atom. The number of nitrogens with one attached hydrogen (secondary N) is 1. The number of halogens is 1. The van der Waals surface area contributed by atoms with Gasteiger partial charge < -0.3 is 19.3 Å². The lowest BCUT2D eigenvalue weighted by molar-refractivity contribution is 0.352. The topological polar surface area (TPSA) is 95.6 Å². The van der Waals surface area contributed by atoms with E-state index in [-0.39, 0.29) is 11.6 Å². The van der Waals surface area contributed by atoms with E-state index in [1.54, 1.807) is 32.4 Å². The molecule has 2 N–H and O–H groups in total. The van der Waals surface area contributed by atoms with Crippen molar-refractivity contribution >= 4 is 32.6 Å². The number of rotatable bonds is 3. The van der Waals surface area contributed by atoms with E-state index in [0.29, 0.717) is 32.5 Å². The number of methoxy groups -OCH3 is 2. The van der Waals surface area contributed by atoms with Crippen molar-refractivity contribution in [2.24, 2.45) is 5.92 Å². The van der Waals surface area contributed by atoms with Crippen LogP contribution < -0.4 is 14.2 Å². The summed E-state index contributed by atoms with van der Waals surface area (Å²) in [6.07, 6.45) is 0. The molecule has 0 bridgehead atoms. The van der Waals surface area contributed by atoms with Gasteiger partial charge in [0.15, 0.2) is 11.5 Å². The summed E-state index contributed by atoms with van der Waals surface area (Å²) in [6.45, 7) is 0. The van der Waals surface area contributed by atoms with Crippen molar-refractivity contribution in [1.82, 2.24) is 0 Å². The predicted molar refractivity (Wildman–Crippen MR) is 112 cm³/mol. The smallest absolute Gasteiger partial charge is 0.205 e. The fourth-order valence-corrected chi connectivity index (χ4v) is 4.44. The number of aromatic hydroxyl groups is 1. The molecule has 0 aliphatic carbocycles. The molecular formula is C22H17BrN2O4. The van der Waals surface area contributed by atoms with Crippen LogP contribution >= 0.6 is 15.9 Å². The number of phenols is 1. The molecule has 2 unspecified atom stereocenters. The molecule has 0 fully saturated rings. The molecular weight excluding hydrogens is 436 g/mol. The summed E-state index contributed by atoms with van der Waals surface area (Å²) >= 11 is 3.51. The second kappa shape index (κ2) is 7.30. The Bertz CT molecular complexity index is 1190. The van der Waals surface area contributed by atoms with Crippen molar-refractivity contribution in [2.45, 2.75) is 5.92 Å². The van der Waals surface area contributed by atoms with E-state index >= 15 is 0 Å². The molecule has 3 aromatic rings. The normalized spacial score (nSPS) is 17.9. The van der Waals surface area contributed by atoms with E-state index in [1.807, 2.05) is 24.3 Å². The van der Waals surface area contributed by atoms with Crippen molar-refractivity contribution in [2.75, 3.05) is 14.2 Å². The summed E-state index contributed by atoms with van der Waals surface area (Å²) in [4.78, 5) is 0. The van der Waals surface area contributed by atoms with E-state index < -0.39 is 11.8 Å². The predicted octanol–water partition coefficient (Wildman–Crippen LogP) is 4.97. The Hall–Kier alpha value is -3.24. The molecule has 29 heavy (non-hydrogen) atoms. The molecule has 1 aliphatic heterocycles. The Morgan fingerprint density at radius 3 is 2.62 bits per heavy atom. The van der Waals surface area contributed by atoms with E-state index in [9.17, 15) is 10.4 Å². The molecule has 0 radical (unpaired) electrons.